The summed E-state index contributed by atoms with van der Waals surface area (Å²) in [4.78, 5) is 0. The number of hydrogen-bond acceptors (Lipinski definition) is 2. The van der Waals surface area contributed by atoms with Crippen LogP contribution in [0.5, 0.6) is 0 Å². The summed E-state index contributed by atoms with van der Waals surface area (Å²) >= 11 is 1.73. The van der Waals surface area contributed by atoms with Crippen LogP contribution >= 0.6 is 11.8 Å². The van der Waals surface area contributed by atoms with Crippen molar-refractivity contribution in [3.8, 4) is 0 Å². The Bertz CT molecular complexity index is 347. The van der Waals surface area contributed by atoms with Gasteiger partial charge in [-0.25, -0.2) is 4.39 Å². The maximum absolute atomic E-state index is 13.0. The Balaban J connectivity index is 2.19. The Kier molecular flexibility index (Phi) is 2.54. The largest absolute Gasteiger partial charge is 0.388 e. The van der Waals surface area contributed by atoms with Crippen LogP contribution in [0.15, 0.2) is 18.2 Å². The van der Waals surface area contributed by atoms with E-state index in [1.807, 2.05) is 6.92 Å². The molecular weight excluding hydrogens is 199 g/mol. The van der Waals surface area contributed by atoms with Crippen molar-refractivity contribution in [2.24, 2.45) is 0 Å². The monoisotopic (exact) mass is 212 g/mol. The van der Waals surface area contributed by atoms with E-state index in [1.54, 1.807) is 17.8 Å². The summed E-state index contributed by atoms with van der Waals surface area (Å²) in [6.07, 6.45) is 0.573. The van der Waals surface area contributed by atoms with Gasteiger partial charge in [0.1, 0.15) is 5.82 Å². The number of thioether (sulfide) groups is 1. The highest BCUT2D eigenvalue weighted by Crippen LogP contribution is 2.33. The van der Waals surface area contributed by atoms with Gasteiger partial charge in [0.15, 0.2) is 0 Å². The van der Waals surface area contributed by atoms with Gasteiger partial charge in [-0.15, -0.1) is 0 Å². The summed E-state index contributed by atoms with van der Waals surface area (Å²) in [6, 6.07) is 4.74. The molecule has 1 aromatic carbocycles. The summed E-state index contributed by atoms with van der Waals surface area (Å²) in [5, 5.41) is 9.94. The van der Waals surface area contributed by atoms with E-state index in [-0.39, 0.29) is 5.82 Å². The van der Waals surface area contributed by atoms with Crippen molar-refractivity contribution in [2.75, 3.05) is 11.5 Å². The van der Waals surface area contributed by atoms with E-state index < -0.39 is 5.60 Å². The van der Waals surface area contributed by atoms with Gasteiger partial charge >= 0.3 is 0 Å². The summed E-state index contributed by atoms with van der Waals surface area (Å²) < 4.78 is 13.0. The lowest BCUT2D eigenvalue weighted by molar-refractivity contribution is 0.0791. The Hall–Kier alpha value is -0.540. The van der Waals surface area contributed by atoms with Crippen LogP contribution < -0.4 is 0 Å². The molecule has 0 saturated carbocycles. The number of aliphatic hydroxyl groups is 1. The zero-order valence-corrected chi connectivity index (χ0v) is 8.90. The maximum Gasteiger partial charge on any atom is 0.123 e. The average Bonchev–Trinajstić information content (AvgIpc) is 2.09. The molecule has 1 aliphatic heterocycles. The SMILES string of the molecule is Cc1ccc(F)cc1CC1(O)CSC1. The molecule has 0 atom stereocenters. The summed E-state index contributed by atoms with van der Waals surface area (Å²) in [7, 11) is 0. The first-order valence-electron chi connectivity index (χ1n) is 4.64. The van der Waals surface area contributed by atoms with Crippen LogP contribution in [0.2, 0.25) is 0 Å². The number of hydrogen-bond donors (Lipinski definition) is 1. The van der Waals surface area contributed by atoms with E-state index in [1.165, 1.54) is 12.1 Å². The molecule has 1 aliphatic rings. The molecule has 1 aromatic rings. The smallest absolute Gasteiger partial charge is 0.123 e. The molecule has 1 heterocycles. The van der Waals surface area contributed by atoms with E-state index in [2.05, 4.69) is 0 Å². The van der Waals surface area contributed by atoms with Crippen LogP contribution in [-0.2, 0) is 6.42 Å². The summed E-state index contributed by atoms with van der Waals surface area (Å²) in [5.74, 6) is 1.31. The van der Waals surface area contributed by atoms with Crippen LogP contribution in [0.3, 0.4) is 0 Å². The Labute approximate surface area is 87.3 Å². The van der Waals surface area contributed by atoms with Gasteiger partial charge in [-0.3, -0.25) is 0 Å². The lowest BCUT2D eigenvalue weighted by Gasteiger charge is -2.36. The molecule has 0 unspecified atom stereocenters. The number of benzene rings is 1. The van der Waals surface area contributed by atoms with Gasteiger partial charge in [0, 0.05) is 17.9 Å². The van der Waals surface area contributed by atoms with Crippen LogP contribution in [0.25, 0.3) is 0 Å². The fourth-order valence-corrected chi connectivity index (χ4v) is 2.50. The molecule has 76 valence electrons. The lowest BCUT2D eigenvalue weighted by Crippen LogP contribution is -2.45. The van der Waals surface area contributed by atoms with Gasteiger partial charge in [-0.05, 0) is 30.2 Å². The molecule has 1 fully saturated rings. The molecule has 0 amide bonds. The van der Waals surface area contributed by atoms with Crippen LogP contribution in [0.4, 0.5) is 4.39 Å². The van der Waals surface area contributed by atoms with Crippen molar-refractivity contribution in [2.45, 2.75) is 18.9 Å². The Morgan fingerprint density at radius 3 is 2.79 bits per heavy atom. The van der Waals surface area contributed by atoms with Gasteiger partial charge in [-0.2, -0.15) is 11.8 Å². The maximum atomic E-state index is 13.0. The highest BCUT2D eigenvalue weighted by atomic mass is 32.2. The number of halogens is 1. The van der Waals surface area contributed by atoms with Crippen LogP contribution in [0.1, 0.15) is 11.1 Å². The van der Waals surface area contributed by atoms with Crippen molar-refractivity contribution >= 4 is 11.8 Å². The summed E-state index contributed by atoms with van der Waals surface area (Å²) in [5.41, 5.74) is 1.38. The minimum Gasteiger partial charge on any atom is -0.388 e. The molecule has 1 saturated heterocycles. The quantitative estimate of drug-likeness (QED) is 0.810. The second-order valence-electron chi connectivity index (χ2n) is 3.96. The molecule has 0 spiro atoms. The van der Waals surface area contributed by atoms with Crippen molar-refractivity contribution < 1.29 is 9.50 Å². The molecule has 1 N–H and O–H groups in total. The minimum absolute atomic E-state index is 0.221. The van der Waals surface area contributed by atoms with Crippen molar-refractivity contribution in [3.05, 3.63) is 35.1 Å². The normalized spacial score (nSPS) is 19.1. The fraction of sp³-hybridized carbons (Fsp3) is 0.455. The standard InChI is InChI=1S/C11H13FOS/c1-8-2-3-10(12)4-9(8)5-11(13)6-14-7-11/h2-4,13H,5-7H2,1H3. The van der Waals surface area contributed by atoms with Gasteiger partial charge in [0.05, 0.1) is 5.60 Å². The molecular formula is C11H13FOS. The number of aryl methyl sites for hydroxylation is 1. The first-order valence-corrected chi connectivity index (χ1v) is 5.80. The molecule has 0 radical (unpaired) electrons. The predicted molar refractivity (Wildman–Crippen MR) is 57.1 cm³/mol. The van der Waals surface area contributed by atoms with E-state index >= 15 is 0 Å². The fourth-order valence-electron chi connectivity index (χ4n) is 1.62. The van der Waals surface area contributed by atoms with Crippen molar-refractivity contribution in [1.29, 1.82) is 0 Å². The minimum atomic E-state index is -0.594. The molecule has 0 aromatic heterocycles. The molecule has 0 aliphatic carbocycles. The zero-order valence-electron chi connectivity index (χ0n) is 8.09. The van der Waals surface area contributed by atoms with Crippen molar-refractivity contribution in [3.63, 3.8) is 0 Å². The van der Waals surface area contributed by atoms with E-state index in [9.17, 15) is 9.50 Å². The Morgan fingerprint density at radius 1 is 1.50 bits per heavy atom. The third-order valence-electron chi connectivity index (χ3n) is 2.57. The zero-order chi connectivity index (χ0) is 10.2. The molecule has 14 heavy (non-hydrogen) atoms. The van der Waals surface area contributed by atoms with E-state index in [4.69, 9.17) is 0 Å². The molecule has 3 heteroatoms. The van der Waals surface area contributed by atoms with E-state index in [0.717, 1.165) is 22.6 Å². The van der Waals surface area contributed by atoms with Crippen molar-refractivity contribution in [1.82, 2.24) is 0 Å². The Morgan fingerprint density at radius 2 is 2.21 bits per heavy atom. The van der Waals surface area contributed by atoms with Gasteiger partial charge in [0.25, 0.3) is 0 Å². The molecule has 2 rings (SSSR count). The van der Waals surface area contributed by atoms with Gasteiger partial charge < -0.3 is 5.11 Å². The lowest BCUT2D eigenvalue weighted by atomic mass is 9.94. The first kappa shape index (κ1) is 9.99. The number of rotatable bonds is 2. The van der Waals surface area contributed by atoms with Crippen LogP contribution in [0, 0.1) is 12.7 Å². The van der Waals surface area contributed by atoms with Gasteiger partial charge in [-0.1, -0.05) is 6.07 Å². The van der Waals surface area contributed by atoms with E-state index in [0.29, 0.717) is 6.42 Å². The summed E-state index contributed by atoms with van der Waals surface area (Å²) in [6.45, 7) is 1.95. The third kappa shape index (κ3) is 1.93. The second-order valence-corrected chi connectivity index (χ2v) is 4.95. The van der Waals surface area contributed by atoms with Crippen LogP contribution in [-0.4, -0.2) is 22.2 Å². The first-order chi connectivity index (χ1) is 6.59. The third-order valence-corrected chi connectivity index (χ3v) is 4.06. The molecule has 0 bridgehead atoms. The highest BCUT2D eigenvalue weighted by molar-refractivity contribution is 8.00. The molecule has 1 nitrogen and oxygen atoms in total. The topological polar surface area (TPSA) is 20.2 Å². The van der Waals surface area contributed by atoms with Gasteiger partial charge in [0.2, 0.25) is 0 Å². The second kappa shape index (κ2) is 3.55. The predicted octanol–water partition coefficient (Wildman–Crippen LogP) is 2.15. The highest BCUT2D eigenvalue weighted by Gasteiger charge is 2.35. The average molecular weight is 212 g/mol.